The van der Waals surface area contributed by atoms with Gasteiger partial charge in [0.2, 0.25) is 6.54 Å². The van der Waals surface area contributed by atoms with Gasteiger partial charge in [-0.3, -0.25) is 14.8 Å². The molecule has 5 nitrogen and oxygen atoms in total. The minimum Gasteiger partial charge on any atom is -0.264 e. The lowest BCUT2D eigenvalue weighted by Gasteiger charge is -2.13. The molecular formula is C11H10BrN3O2. The van der Waals surface area contributed by atoms with E-state index in [1.165, 1.54) is 0 Å². The van der Waals surface area contributed by atoms with E-state index in [9.17, 15) is 10.1 Å². The maximum absolute atomic E-state index is 10.7. The van der Waals surface area contributed by atoms with Crippen LogP contribution in [-0.2, 0) is 0 Å². The Bertz CT molecular complexity index is 496. The van der Waals surface area contributed by atoms with Crippen molar-refractivity contribution < 1.29 is 4.92 Å². The highest BCUT2D eigenvalue weighted by atomic mass is 79.9. The average molecular weight is 296 g/mol. The van der Waals surface area contributed by atoms with Gasteiger partial charge in [0.25, 0.3) is 0 Å². The molecule has 6 heteroatoms. The van der Waals surface area contributed by atoms with Crippen molar-refractivity contribution in [2.24, 2.45) is 0 Å². The van der Waals surface area contributed by atoms with Crippen molar-refractivity contribution in [3.8, 4) is 0 Å². The second-order valence-corrected chi connectivity index (χ2v) is 4.48. The molecule has 0 saturated heterocycles. The summed E-state index contributed by atoms with van der Waals surface area (Å²) in [6, 6.07) is 8.84. The molecule has 0 aliphatic rings. The van der Waals surface area contributed by atoms with Crippen LogP contribution in [0.25, 0.3) is 0 Å². The highest BCUT2D eigenvalue weighted by Gasteiger charge is 2.19. The minimum absolute atomic E-state index is 0.177. The molecule has 0 bridgehead atoms. The van der Waals surface area contributed by atoms with Gasteiger partial charge < -0.3 is 0 Å². The zero-order valence-corrected chi connectivity index (χ0v) is 10.4. The molecule has 1 atom stereocenters. The lowest BCUT2D eigenvalue weighted by molar-refractivity contribution is -0.484. The molecule has 0 amide bonds. The first kappa shape index (κ1) is 11.8. The molecule has 0 aliphatic carbocycles. The number of hydrogen-bond acceptors (Lipinski definition) is 3. The van der Waals surface area contributed by atoms with E-state index in [1.807, 2.05) is 24.3 Å². The Kier molecular flexibility index (Phi) is 3.53. The van der Waals surface area contributed by atoms with Crippen LogP contribution in [0.5, 0.6) is 0 Å². The van der Waals surface area contributed by atoms with Crippen molar-refractivity contribution in [2.45, 2.75) is 6.04 Å². The van der Waals surface area contributed by atoms with Crippen LogP contribution in [0.2, 0.25) is 0 Å². The number of rotatable bonds is 4. The van der Waals surface area contributed by atoms with E-state index in [1.54, 1.807) is 23.1 Å². The minimum atomic E-state index is -0.368. The third-order valence-corrected chi connectivity index (χ3v) is 2.95. The number of benzene rings is 1. The SMILES string of the molecule is O=[N+]([O-])CC(c1ccc(Br)cc1)n1cccn1. The van der Waals surface area contributed by atoms with Gasteiger partial charge in [0.05, 0.1) is 0 Å². The van der Waals surface area contributed by atoms with E-state index in [2.05, 4.69) is 21.0 Å². The Labute approximate surface area is 106 Å². The summed E-state index contributed by atoms with van der Waals surface area (Å²) in [5, 5.41) is 14.8. The van der Waals surface area contributed by atoms with Crippen molar-refractivity contribution in [3.63, 3.8) is 0 Å². The van der Waals surface area contributed by atoms with Crippen molar-refractivity contribution in [1.82, 2.24) is 9.78 Å². The highest BCUT2D eigenvalue weighted by Crippen LogP contribution is 2.20. The number of aromatic nitrogens is 2. The quantitative estimate of drug-likeness (QED) is 0.643. The predicted octanol–water partition coefficient (Wildman–Crippen LogP) is 2.51. The fourth-order valence-electron chi connectivity index (χ4n) is 1.63. The number of nitrogens with zero attached hydrogens (tertiary/aromatic N) is 3. The van der Waals surface area contributed by atoms with E-state index in [4.69, 9.17) is 0 Å². The first-order valence-electron chi connectivity index (χ1n) is 5.03. The molecule has 1 aromatic carbocycles. The van der Waals surface area contributed by atoms with Gasteiger partial charge in [-0.05, 0) is 23.8 Å². The summed E-state index contributed by atoms with van der Waals surface area (Å²) in [5.74, 6) is 0. The summed E-state index contributed by atoms with van der Waals surface area (Å²) in [6.45, 7) is -0.177. The summed E-state index contributed by atoms with van der Waals surface area (Å²) >= 11 is 3.34. The van der Waals surface area contributed by atoms with Crippen LogP contribution < -0.4 is 0 Å². The molecule has 1 heterocycles. The number of halogens is 1. The summed E-state index contributed by atoms with van der Waals surface area (Å²) in [6.07, 6.45) is 3.35. The van der Waals surface area contributed by atoms with E-state index in [0.29, 0.717) is 0 Å². The summed E-state index contributed by atoms with van der Waals surface area (Å²) < 4.78 is 2.55. The van der Waals surface area contributed by atoms with Crippen LogP contribution in [0.4, 0.5) is 0 Å². The molecule has 0 saturated carbocycles. The molecule has 88 valence electrons. The molecule has 1 unspecified atom stereocenters. The molecule has 17 heavy (non-hydrogen) atoms. The molecule has 0 fully saturated rings. The molecule has 0 radical (unpaired) electrons. The van der Waals surface area contributed by atoms with Crippen molar-refractivity contribution in [2.75, 3.05) is 6.54 Å². The second-order valence-electron chi connectivity index (χ2n) is 3.57. The Morgan fingerprint density at radius 2 is 2.12 bits per heavy atom. The molecule has 0 N–H and O–H groups in total. The van der Waals surface area contributed by atoms with Gasteiger partial charge in [-0.25, -0.2) is 0 Å². The molecule has 1 aromatic heterocycles. The van der Waals surface area contributed by atoms with Crippen LogP contribution in [0.15, 0.2) is 47.2 Å². The van der Waals surface area contributed by atoms with Gasteiger partial charge in [0.15, 0.2) is 0 Å². The molecule has 2 aromatic rings. The van der Waals surface area contributed by atoms with Crippen LogP contribution >= 0.6 is 15.9 Å². The third-order valence-electron chi connectivity index (χ3n) is 2.42. The Morgan fingerprint density at radius 1 is 1.41 bits per heavy atom. The van der Waals surface area contributed by atoms with Crippen molar-refractivity contribution in [3.05, 3.63) is 62.9 Å². The number of nitro groups is 1. The van der Waals surface area contributed by atoms with Gasteiger partial charge in [-0.2, -0.15) is 5.10 Å². The summed E-state index contributed by atoms with van der Waals surface area (Å²) in [7, 11) is 0. The van der Waals surface area contributed by atoms with Gasteiger partial charge in [-0.15, -0.1) is 0 Å². The second kappa shape index (κ2) is 5.09. The van der Waals surface area contributed by atoms with Gasteiger partial charge in [0.1, 0.15) is 6.04 Å². The van der Waals surface area contributed by atoms with Crippen LogP contribution in [0.3, 0.4) is 0 Å². The lowest BCUT2D eigenvalue weighted by Crippen LogP contribution is -2.20. The topological polar surface area (TPSA) is 61.0 Å². The maximum Gasteiger partial charge on any atom is 0.230 e. The van der Waals surface area contributed by atoms with Crippen LogP contribution in [0, 0.1) is 10.1 Å². The van der Waals surface area contributed by atoms with Crippen molar-refractivity contribution >= 4 is 15.9 Å². The van der Waals surface area contributed by atoms with E-state index in [0.717, 1.165) is 10.0 Å². The average Bonchev–Trinajstić information content (AvgIpc) is 2.80. The van der Waals surface area contributed by atoms with Gasteiger partial charge >= 0.3 is 0 Å². The smallest absolute Gasteiger partial charge is 0.230 e. The summed E-state index contributed by atoms with van der Waals surface area (Å²) in [5.41, 5.74) is 0.869. The number of hydrogen-bond donors (Lipinski definition) is 0. The lowest BCUT2D eigenvalue weighted by atomic mass is 10.1. The summed E-state index contributed by atoms with van der Waals surface area (Å²) in [4.78, 5) is 10.4. The van der Waals surface area contributed by atoms with Crippen LogP contribution in [0.1, 0.15) is 11.6 Å². The van der Waals surface area contributed by atoms with E-state index < -0.39 is 0 Å². The standard InChI is InChI=1S/C11H10BrN3O2/c12-10-4-2-9(3-5-10)11(8-15(16)17)14-7-1-6-13-14/h1-7,11H,8H2. The Balaban J connectivity index is 2.33. The highest BCUT2D eigenvalue weighted by molar-refractivity contribution is 9.10. The molecule has 0 aliphatic heterocycles. The monoisotopic (exact) mass is 295 g/mol. The fraction of sp³-hybridized carbons (Fsp3) is 0.182. The maximum atomic E-state index is 10.7. The van der Waals surface area contributed by atoms with Gasteiger partial charge in [-0.1, -0.05) is 28.1 Å². The molecular weight excluding hydrogens is 286 g/mol. The van der Waals surface area contributed by atoms with Gasteiger partial charge in [0, 0.05) is 21.8 Å². The zero-order chi connectivity index (χ0) is 12.3. The normalized spacial score (nSPS) is 12.3. The first-order valence-corrected chi connectivity index (χ1v) is 5.82. The van der Waals surface area contributed by atoms with E-state index >= 15 is 0 Å². The third kappa shape index (κ3) is 2.91. The first-order chi connectivity index (χ1) is 8.16. The molecule has 2 rings (SSSR count). The Morgan fingerprint density at radius 3 is 2.65 bits per heavy atom. The zero-order valence-electron chi connectivity index (χ0n) is 8.86. The fourth-order valence-corrected chi connectivity index (χ4v) is 1.90. The molecule has 0 spiro atoms. The largest absolute Gasteiger partial charge is 0.264 e. The predicted molar refractivity (Wildman–Crippen MR) is 66.4 cm³/mol. The van der Waals surface area contributed by atoms with E-state index in [-0.39, 0.29) is 17.5 Å². The van der Waals surface area contributed by atoms with Crippen LogP contribution in [-0.4, -0.2) is 21.2 Å². The van der Waals surface area contributed by atoms with Crippen molar-refractivity contribution in [1.29, 1.82) is 0 Å². The Hall–Kier alpha value is -1.69.